The standard InChI is InChI=1S/C18H23ClN4O4/c1-4-23(5-2)11-12-7-9-14(27-12)17(24)21-22-18(25)16-13(19)8-10-15(20-16)26-6-3/h7-10H,4-6,11H2,1-3H3,(H,21,24)(H,22,25). The van der Waals surface area contributed by atoms with Crippen LogP contribution in [0, 0.1) is 0 Å². The van der Waals surface area contributed by atoms with Gasteiger partial charge in [0.05, 0.1) is 18.2 Å². The summed E-state index contributed by atoms with van der Waals surface area (Å²) in [4.78, 5) is 30.6. The van der Waals surface area contributed by atoms with Crippen molar-refractivity contribution in [2.75, 3.05) is 19.7 Å². The minimum atomic E-state index is -0.662. The van der Waals surface area contributed by atoms with Crippen LogP contribution in [0.3, 0.4) is 0 Å². The first kappa shape index (κ1) is 20.7. The molecule has 0 aliphatic heterocycles. The molecule has 0 aliphatic rings. The average molecular weight is 395 g/mol. The van der Waals surface area contributed by atoms with Gasteiger partial charge in [-0.25, -0.2) is 4.98 Å². The summed E-state index contributed by atoms with van der Waals surface area (Å²) in [6.45, 7) is 8.67. The highest BCUT2D eigenvalue weighted by atomic mass is 35.5. The summed E-state index contributed by atoms with van der Waals surface area (Å²) < 4.78 is 10.8. The molecule has 0 aromatic carbocycles. The maximum Gasteiger partial charge on any atom is 0.305 e. The molecule has 2 heterocycles. The fourth-order valence-corrected chi connectivity index (χ4v) is 2.49. The predicted octanol–water partition coefficient (Wildman–Crippen LogP) is 2.64. The average Bonchev–Trinajstić information content (AvgIpc) is 3.14. The summed E-state index contributed by atoms with van der Waals surface area (Å²) in [5.41, 5.74) is 4.50. The van der Waals surface area contributed by atoms with Crippen LogP contribution in [0.25, 0.3) is 0 Å². The van der Waals surface area contributed by atoms with E-state index < -0.39 is 11.8 Å². The molecule has 0 radical (unpaired) electrons. The lowest BCUT2D eigenvalue weighted by Gasteiger charge is -2.15. The van der Waals surface area contributed by atoms with Crippen LogP contribution in [0.2, 0.25) is 5.02 Å². The van der Waals surface area contributed by atoms with Gasteiger partial charge in [-0.3, -0.25) is 25.3 Å². The Kier molecular flexibility index (Phi) is 7.63. The molecular formula is C18H23ClN4O4. The van der Waals surface area contributed by atoms with Crippen LogP contribution in [-0.2, 0) is 6.54 Å². The van der Waals surface area contributed by atoms with Crippen molar-refractivity contribution in [1.29, 1.82) is 0 Å². The number of carbonyl (C=O) groups is 2. The molecule has 0 bridgehead atoms. The number of halogens is 1. The summed E-state index contributed by atoms with van der Waals surface area (Å²) >= 11 is 5.99. The van der Waals surface area contributed by atoms with Gasteiger partial charge >= 0.3 is 5.91 Å². The van der Waals surface area contributed by atoms with Crippen LogP contribution in [0.4, 0.5) is 0 Å². The number of nitrogens with zero attached hydrogens (tertiary/aromatic N) is 2. The van der Waals surface area contributed by atoms with E-state index in [-0.39, 0.29) is 22.4 Å². The van der Waals surface area contributed by atoms with Crippen molar-refractivity contribution in [3.05, 3.63) is 46.5 Å². The molecule has 2 aromatic heterocycles. The van der Waals surface area contributed by atoms with Crippen LogP contribution in [-0.4, -0.2) is 41.4 Å². The highest BCUT2D eigenvalue weighted by Gasteiger charge is 2.17. The molecule has 27 heavy (non-hydrogen) atoms. The van der Waals surface area contributed by atoms with Crippen molar-refractivity contribution in [2.24, 2.45) is 0 Å². The Bertz CT molecular complexity index is 789. The summed E-state index contributed by atoms with van der Waals surface area (Å²) in [5, 5.41) is 0.143. The van der Waals surface area contributed by atoms with Crippen LogP contribution < -0.4 is 15.6 Å². The summed E-state index contributed by atoms with van der Waals surface area (Å²) in [6, 6.07) is 6.35. The Labute approximate surface area is 162 Å². The maximum atomic E-state index is 12.2. The monoisotopic (exact) mass is 394 g/mol. The van der Waals surface area contributed by atoms with Gasteiger partial charge in [0.1, 0.15) is 5.76 Å². The number of hydrazine groups is 1. The molecule has 0 saturated carbocycles. The van der Waals surface area contributed by atoms with Crippen molar-refractivity contribution in [3.63, 3.8) is 0 Å². The first-order valence-corrected chi connectivity index (χ1v) is 9.07. The third-order valence-electron chi connectivity index (χ3n) is 3.78. The van der Waals surface area contributed by atoms with Crippen LogP contribution in [0.15, 0.2) is 28.7 Å². The van der Waals surface area contributed by atoms with E-state index in [1.807, 2.05) is 0 Å². The van der Waals surface area contributed by atoms with Crippen molar-refractivity contribution >= 4 is 23.4 Å². The molecule has 0 fully saturated rings. The second-order valence-corrected chi connectivity index (χ2v) is 5.96. The second-order valence-electron chi connectivity index (χ2n) is 5.55. The summed E-state index contributed by atoms with van der Waals surface area (Å²) in [6.07, 6.45) is 0. The van der Waals surface area contributed by atoms with Gasteiger partial charge in [0.2, 0.25) is 5.88 Å². The first-order valence-electron chi connectivity index (χ1n) is 8.69. The van der Waals surface area contributed by atoms with Gasteiger partial charge < -0.3 is 9.15 Å². The summed E-state index contributed by atoms with van der Waals surface area (Å²) in [7, 11) is 0. The van der Waals surface area contributed by atoms with E-state index in [0.29, 0.717) is 18.9 Å². The maximum absolute atomic E-state index is 12.2. The number of hydrogen-bond donors (Lipinski definition) is 2. The van der Waals surface area contributed by atoms with Crippen molar-refractivity contribution in [2.45, 2.75) is 27.3 Å². The zero-order valence-electron chi connectivity index (χ0n) is 15.5. The lowest BCUT2D eigenvalue weighted by molar-refractivity contribution is 0.0826. The lowest BCUT2D eigenvalue weighted by atomic mass is 10.3. The van der Waals surface area contributed by atoms with Gasteiger partial charge in [-0.05, 0) is 38.2 Å². The van der Waals surface area contributed by atoms with Crippen LogP contribution in [0.1, 0.15) is 47.6 Å². The largest absolute Gasteiger partial charge is 0.478 e. The molecule has 9 heteroatoms. The third-order valence-corrected chi connectivity index (χ3v) is 4.08. The van der Waals surface area contributed by atoms with E-state index in [1.165, 1.54) is 6.07 Å². The van der Waals surface area contributed by atoms with E-state index in [1.54, 1.807) is 25.1 Å². The lowest BCUT2D eigenvalue weighted by Crippen LogP contribution is -2.42. The quantitative estimate of drug-likeness (QED) is 0.668. The Hall–Kier alpha value is -2.58. The van der Waals surface area contributed by atoms with Gasteiger partial charge in [0.25, 0.3) is 5.91 Å². The number of ether oxygens (including phenoxy) is 1. The molecule has 0 aliphatic carbocycles. The fourth-order valence-electron chi connectivity index (χ4n) is 2.30. The second kappa shape index (κ2) is 9.94. The van der Waals surface area contributed by atoms with Gasteiger partial charge in [-0.15, -0.1) is 0 Å². The topological polar surface area (TPSA) is 96.7 Å². The van der Waals surface area contributed by atoms with Gasteiger partial charge in [-0.1, -0.05) is 25.4 Å². The number of rotatable bonds is 8. The van der Waals surface area contributed by atoms with Gasteiger partial charge in [0.15, 0.2) is 11.5 Å². The Balaban J connectivity index is 1.96. The van der Waals surface area contributed by atoms with E-state index in [2.05, 4.69) is 34.6 Å². The number of carbonyl (C=O) groups excluding carboxylic acids is 2. The molecule has 0 atom stereocenters. The van der Waals surface area contributed by atoms with E-state index in [9.17, 15) is 9.59 Å². The van der Waals surface area contributed by atoms with Crippen molar-refractivity contribution < 1.29 is 18.7 Å². The fraction of sp³-hybridized carbons (Fsp3) is 0.389. The number of nitrogens with one attached hydrogen (secondary N) is 2. The molecule has 2 N–H and O–H groups in total. The van der Waals surface area contributed by atoms with Crippen LogP contribution >= 0.6 is 11.6 Å². The molecule has 146 valence electrons. The molecular weight excluding hydrogens is 372 g/mol. The third kappa shape index (κ3) is 5.70. The van der Waals surface area contributed by atoms with Crippen molar-refractivity contribution in [3.8, 4) is 5.88 Å². The van der Waals surface area contributed by atoms with E-state index >= 15 is 0 Å². The highest BCUT2D eigenvalue weighted by molar-refractivity contribution is 6.33. The number of pyridine rings is 1. The molecule has 0 saturated heterocycles. The van der Waals surface area contributed by atoms with Crippen molar-refractivity contribution in [1.82, 2.24) is 20.7 Å². The smallest absolute Gasteiger partial charge is 0.305 e. The molecule has 2 amide bonds. The van der Waals surface area contributed by atoms with Gasteiger partial charge in [0, 0.05) is 6.07 Å². The van der Waals surface area contributed by atoms with E-state index in [4.69, 9.17) is 20.8 Å². The zero-order chi connectivity index (χ0) is 19.8. The Morgan fingerprint density at radius 2 is 1.81 bits per heavy atom. The number of hydrogen-bond acceptors (Lipinski definition) is 6. The van der Waals surface area contributed by atoms with Gasteiger partial charge in [-0.2, -0.15) is 0 Å². The number of amides is 2. The minimum absolute atomic E-state index is 0.0513. The molecule has 2 aromatic rings. The summed E-state index contributed by atoms with van der Waals surface area (Å²) in [5.74, 6) is -0.203. The minimum Gasteiger partial charge on any atom is -0.478 e. The Morgan fingerprint density at radius 3 is 2.48 bits per heavy atom. The predicted molar refractivity (Wildman–Crippen MR) is 101 cm³/mol. The molecule has 0 unspecified atom stereocenters. The molecule has 2 rings (SSSR count). The number of aromatic nitrogens is 1. The zero-order valence-corrected chi connectivity index (χ0v) is 16.3. The molecule has 0 spiro atoms. The van der Waals surface area contributed by atoms with Crippen LogP contribution in [0.5, 0.6) is 5.88 Å². The normalized spacial score (nSPS) is 10.7. The molecule has 8 nitrogen and oxygen atoms in total. The highest BCUT2D eigenvalue weighted by Crippen LogP contribution is 2.18. The Morgan fingerprint density at radius 1 is 1.11 bits per heavy atom. The van der Waals surface area contributed by atoms with E-state index in [0.717, 1.165) is 13.1 Å². The number of furan rings is 1. The SMILES string of the molecule is CCOc1ccc(Cl)c(C(=O)NNC(=O)c2ccc(CN(CC)CC)o2)n1. The first-order chi connectivity index (χ1) is 13.0.